The quantitative estimate of drug-likeness (QED) is 0.444. The number of thioether (sulfide) groups is 1. The molecule has 28 heavy (non-hydrogen) atoms. The summed E-state index contributed by atoms with van der Waals surface area (Å²) < 4.78 is 5.19. The van der Waals surface area contributed by atoms with E-state index in [0.29, 0.717) is 46.6 Å². The highest BCUT2D eigenvalue weighted by molar-refractivity contribution is 7.99. The topological polar surface area (TPSA) is 163 Å². The monoisotopic (exact) mass is 424 g/mol. The average Bonchev–Trinajstić information content (AvgIpc) is 3.07. The molecular formula is C17H17ClN4O5S. The maximum atomic E-state index is 9.55. The average molecular weight is 425 g/mol. The Morgan fingerprint density at radius 3 is 2.50 bits per heavy atom. The van der Waals surface area contributed by atoms with Gasteiger partial charge in [-0.2, -0.15) is 5.26 Å². The number of halogens is 1. The fourth-order valence-corrected chi connectivity index (χ4v) is 3.14. The molecule has 4 N–H and O–H groups in total. The number of aryl methyl sites for hydroxylation is 1. The van der Waals surface area contributed by atoms with Crippen molar-refractivity contribution >= 4 is 35.3 Å². The highest BCUT2D eigenvalue weighted by atomic mass is 35.5. The predicted octanol–water partition coefficient (Wildman–Crippen LogP) is 2.80. The Morgan fingerprint density at radius 2 is 2.04 bits per heavy atom. The first-order valence-electron chi connectivity index (χ1n) is 7.77. The van der Waals surface area contributed by atoms with E-state index in [0.717, 1.165) is 5.69 Å². The zero-order chi connectivity index (χ0) is 21.1. The molecule has 0 spiro atoms. The van der Waals surface area contributed by atoms with E-state index in [9.17, 15) is 9.59 Å². The first-order valence-corrected chi connectivity index (χ1v) is 9.03. The van der Waals surface area contributed by atoms with Crippen LogP contribution in [0.1, 0.15) is 28.7 Å². The van der Waals surface area contributed by atoms with Crippen molar-refractivity contribution in [2.75, 3.05) is 6.54 Å². The molecular weight excluding hydrogens is 408 g/mol. The normalized spacial score (nSPS) is 11.4. The van der Waals surface area contributed by atoms with E-state index in [1.807, 2.05) is 13.0 Å². The maximum Gasteiger partial charge on any atom is 0.328 e. The van der Waals surface area contributed by atoms with Crippen molar-refractivity contribution in [1.82, 2.24) is 10.1 Å². The van der Waals surface area contributed by atoms with Crippen molar-refractivity contribution < 1.29 is 24.3 Å². The van der Waals surface area contributed by atoms with Crippen LogP contribution in [-0.4, -0.2) is 38.8 Å². The Bertz CT molecular complexity index is 878. The van der Waals surface area contributed by atoms with Gasteiger partial charge in [-0.05, 0) is 32.0 Å². The zero-order valence-electron chi connectivity index (χ0n) is 14.7. The number of aromatic nitrogens is 2. The molecule has 0 saturated carbocycles. The Balaban J connectivity index is 0.000000416. The zero-order valence-corrected chi connectivity index (χ0v) is 16.3. The van der Waals surface area contributed by atoms with Gasteiger partial charge in [-0.25, -0.2) is 14.6 Å². The molecule has 11 heteroatoms. The molecule has 0 aliphatic rings. The Hall–Kier alpha value is -2.87. The third kappa shape index (κ3) is 8.22. The van der Waals surface area contributed by atoms with Gasteiger partial charge >= 0.3 is 11.9 Å². The van der Waals surface area contributed by atoms with Crippen LogP contribution in [0.4, 0.5) is 0 Å². The fraction of sp³-hybridized carbons (Fsp3) is 0.235. The van der Waals surface area contributed by atoms with E-state index in [2.05, 4.69) is 16.2 Å². The molecule has 2 heterocycles. The largest absolute Gasteiger partial charge is 0.478 e. The van der Waals surface area contributed by atoms with Crippen molar-refractivity contribution in [3.63, 3.8) is 0 Å². The van der Waals surface area contributed by atoms with Crippen LogP contribution in [0.15, 0.2) is 39.9 Å². The van der Waals surface area contributed by atoms with Crippen molar-refractivity contribution in [1.29, 1.82) is 5.26 Å². The van der Waals surface area contributed by atoms with E-state index in [-0.39, 0.29) is 5.25 Å². The Morgan fingerprint density at radius 1 is 1.39 bits per heavy atom. The molecule has 0 aliphatic heterocycles. The number of hydrogen-bond donors (Lipinski definition) is 3. The molecule has 0 fully saturated rings. The Kier molecular flexibility index (Phi) is 9.73. The SMILES string of the molecule is Cc1ccc(C#N)c(S[C@H](CCN)c2cc(Cl)no2)n1.O=C(O)/C=C/C(=O)O. The number of nitrogens with zero attached hydrogens (tertiary/aromatic N) is 3. The lowest BCUT2D eigenvalue weighted by Gasteiger charge is -2.12. The lowest BCUT2D eigenvalue weighted by Crippen LogP contribution is -2.05. The minimum absolute atomic E-state index is 0.0681. The molecule has 148 valence electrons. The molecule has 1 atom stereocenters. The van der Waals surface area contributed by atoms with Crippen LogP contribution in [-0.2, 0) is 9.59 Å². The lowest BCUT2D eigenvalue weighted by atomic mass is 10.2. The van der Waals surface area contributed by atoms with Gasteiger partial charge in [-0.3, -0.25) is 0 Å². The number of hydrogen-bond acceptors (Lipinski definition) is 8. The second kappa shape index (κ2) is 11.8. The van der Waals surface area contributed by atoms with E-state index in [4.69, 9.17) is 37.3 Å². The molecule has 0 saturated heterocycles. The minimum Gasteiger partial charge on any atom is -0.478 e. The summed E-state index contributed by atoms with van der Waals surface area (Å²) in [6.45, 7) is 2.37. The molecule has 0 aliphatic carbocycles. The standard InChI is InChI=1S/C13H13ClN4OS.C4H4O4/c1-8-2-3-9(7-16)13(17-8)20-11(4-5-15)10-6-12(14)18-19-10;5-3(6)1-2-4(7)8/h2-3,6,11H,4-5,15H2,1H3;1-2H,(H,5,6)(H,7,8)/b;2-1+/t11-;/m1./s1. The van der Waals surface area contributed by atoms with Gasteiger partial charge in [0.1, 0.15) is 11.1 Å². The van der Waals surface area contributed by atoms with Crippen LogP contribution in [0.5, 0.6) is 0 Å². The van der Waals surface area contributed by atoms with Crippen LogP contribution < -0.4 is 5.73 Å². The molecule has 0 aromatic carbocycles. The van der Waals surface area contributed by atoms with Gasteiger partial charge in [0, 0.05) is 23.9 Å². The Labute approximate surface area is 169 Å². The van der Waals surface area contributed by atoms with Crippen molar-refractivity contribution in [2.45, 2.75) is 23.6 Å². The van der Waals surface area contributed by atoms with Gasteiger partial charge in [-0.1, -0.05) is 28.5 Å². The summed E-state index contributed by atoms with van der Waals surface area (Å²) in [6, 6.07) is 7.38. The van der Waals surface area contributed by atoms with Crippen molar-refractivity contribution in [3.8, 4) is 6.07 Å². The molecule has 2 aromatic heterocycles. The molecule has 0 bridgehead atoms. The molecule has 0 unspecified atom stereocenters. The number of rotatable bonds is 7. The number of carboxylic acids is 2. The van der Waals surface area contributed by atoms with Crippen LogP contribution in [0.2, 0.25) is 5.15 Å². The summed E-state index contributed by atoms with van der Waals surface area (Å²) in [5.74, 6) is -1.88. The van der Waals surface area contributed by atoms with Crippen LogP contribution in [0.25, 0.3) is 0 Å². The predicted molar refractivity (Wildman–Crippen MR) is 102 cm³/mol. The third-order valence-corrected chi connectivity index (χ3v) is 4.45. The summed E-state index contributed by atoms with van der Waals surface area (Å²) >= 11 is 7.22. The maximum absolute atomic E-state index is 9.55. The third-order valence-electron chi connectivity index (χ3n) is 2.99. The fourth-order valence-electron chi connectivity index (χ4n) is 1.81. The van der Waals surface area contributed by atoms with E-state index >= 15 is 0 Å². The molecule has 0 amide bonds. The van der Waals surface area contributed by atoms with E-state index in [1.165, 1.54) is 11.8 Å². The molecule has 2 rings (SSSR count). The van der Waals surface area contributed by atoms with E-state index in [1.54, 1.807) is 12.1 Å². The molecule has 9 nitrogen and oxygen atoms in total. The summed E-state index contributed by atoms with van der Waals surface area (Å²) in [5.41, 5.74) is 7.02. The first-order chi connectivity index (χ1) is 13.3. The highest BCUT2D eigenvalue weighted by Gasteiger charge is 2.20. The number of carboxylic acid groups (broad SMARTS) is 2. The molecule has 0 radical (unpaired) electrons. The number of carbonyl (C=O) groups is 2. The van der Waals surface area contributed by atoms with Crippen LogP contribution in [0.3, 0.4) is 0 Å². The summed E-state index contributed by atoms with van der Waals surface area (Å²) in [7, 11) is 0. The van der Waals surface area contributed by atoms with Gasteiger partial charge in [0.05, 0.1) is 10.8 Å². The second-order valence-corrected chi connectivity index (χ2v) is 6.74. The van der Waals surface area contributed by atoms with Crippen molar-refractivity contribution in [3.05, 3.63) is 52.5 Å². The summed E-state index contributed by atoms with van der Waals surface area (Å²) in [6.07, 6.45) is 1.79. The second-order valence-electron chi connectivity index (χ2n) is 5.16. The smallest absolute Gasteiger partial charge is 0.328 e. The molecule has 2 aromatic rings. The van der Waals surface area contributed by atoms with Gasteiger partial charge in [0.2, 0.25) is 0 Å². The number of pyridine rings is 1. The first kappa shape index (κ1) is 23.2. The van der Waals surface area contributed by atoms with Gasteiger partial charge in [0.25, 0.3) is 0 Å². The minimum atomic E-state index is -1.26. The van der Waals surface area contributed by atoms with Gasteiger partial charge in [0.15, 0.2) is 10.9 Å². The lowest BCUT2D eigenvalue weighted by molar-refractivity contribution is -0.134. The number of nitriles is 1. The van der Waals surface area contributed by atoms with Gasteiger partial charge < -0.3 is 20.5 Å². The number of nitrogens with two attached hydrogens (primary N) is 1. The number of aliphatic carboxylic acids is 2. The van der Waals surface area contributed by atoms with Crippen molar-refractivity contribution in [2.24, 2.45) is 5.73 Å². The van der Waals surface area contributed by atoms with Crippen LogP contribution >= 0.6 is 23.4 Å². The highest BCUT2D eigenvalue weighted by Crippen LogP contribution is 2.38. The van der Waals surface area contributed by atoms with E-state index < -0.39 is 11.9 Å². The van der Waals surface area contributed by atoms with Crippen LogP contribution in [0, 0.1) is 18.3 Å². The van der Waals surface area contributed by atoms with Gasteiger partial charge in [-0.15, -0.1) is 0 Å². The summed E-state index contributed by atoms with van der Waals surface area (Å²) in [4.78, 5) is 23.5. The summed E-state index contributed by atoms with van der Waals surface area (Å²) in [5, 5.41) is 29.3.